The molecule has 1 aliphatic rings. The molecule has 9 heteroatoms. The standard InChI is InChI=1S/C18H15F6NO.ClH/c1-25-8-6-18(7-9-25,10-2-4-11(19)5-3-10)26-17-15(23)13(21)12(20)14(22)16(17)24;/h2-5H,6-9H2,1H3;1H. The number of likely N-dealkylation sites (tertiary alicyclic amines) is 1. The Bertz CT molecular complexity index is 793. The maximum Gasteiger partial charge on any atom is 0.207 e. The second kappa shape index (κ2) is 7.98. The minimum absolute atomic E-state index is 0. The first-order chi connectivity index (χ1) is 12.2. The van der Waals surface area contributed by atoms with E-state index in [1.807, 2.05) is 11.9 Å². The van der Waals surface area contributed by atoms with Crippen LogP contribution in [0.25, 0.3) is 0 Å². The van der Waals surface area contributed by atoms with Crippen LogP contribution in [-0.2, 0) is 5.60 Å². The molecule has 1 saturated heterocycles. The Morgan fingerprint density at radius 2 is 1.22 bits per heavy atom. The number of halogens is 7. The van der Waals surface area contributed by atoms with Gasteiger partial charge in [0, 0.05) is 25.9 Å². The Hall–Kier alpha value is -1.93. The van der Waals surface area contributed by atoms with Crippen LogP contribution in [-0.4, -0.2) is 25.0 Å². The van der Waals surface area contributed by atoms with Gasteiger partial charge in [-0.2, -0.15) is 8.78 Å². The van der Waals surface area contributed by atoms with Crippen molar-refractivity contribution in [1.29, 1.82) is 0 Å². The molecule has 2 aromatic rings. The summed E-state index contributed by atoms with van der Waals surface area (Å²) in [6.07, 6.45) is 0.462. The van der Waals surface area contributed by atoms with Gasteiger partial charge in [0.25, 0.3) is 0 Å². The summed E-state index contributed by atoms with van der Waals surface area (Å²) in [5, 5.41) is 0. The maximum atomic E-state index is 14.1. The molecule has 148 valence electrons. The number of ether oxygens (including phenoxy) is 1. The van der Waals surface area contributed by atoms with E-state index in [0.717, 1.165) is 12.1 Å². The fourth-order valence-electron chi connectivity index (χ4n) is 3.05. The summed E-state index contributed by atoms with van der Waals surface area (Å²) in [4.78, 5) is 1.93. The average Bonchev–Trinajstić information content (AvgIpc) is 2.64. The van der Waals surface area contributed by atoms with E-state index in [1.165, 1.54) is 12.1 Å². The smallest absolute Gasteiger partial charge is 0.207 e. The fraction of sp³-hybridized carbons (Fsp3) is 0.333. The molecule has 0 spiro atoms. The van der Waals surface area contributed by atoms with Gasteiger partial charge in [0.15, 0.2) is 5.75 Å². The van der Waals surface area contributed by atoms with Gasteiger partial charge in [-0.25, -0.2) is 17.6 Å². The summed E-state index contributed by atoms with van der Waals surface area (Å²) in [6, 6.07) is 5.06. The Labute approximate surface area is 158 Å². The van der Waals surface area contributed by atoms with Gasteiger partial charge in [-0.15, -0.1) is 12.4 Å². The highest BCUT2D eigenvalue weighted by atomic mass is 35.5. The van der Waals surface area contributed by atoms with Gasteiger partial charge in [0.1, 0.15) is 11.4 Å². The first-order valence-electron chi connectivity index (χ1n) is 7.90. The van der Waals surface area contributed by atoms with E-state index < -0.39 is 46.3 Å². The minimum atomic E-state index is -2.24. The van der Waals surface area contributed by atoms with Crippen LogP contribution in [0.4, 0.5) is 26.3 Å². The highest BCUT2D eigenvalue weighted by molar-refractivity contribution is 5.85. The number of piperidine rings is 1. The zero-order valence-corrected chi connectivity index (χ0v) is 15.0. The van der Waals surface area contributed by atoms with Crippen molar-refractivity contribution in [2.24, 2.45) is 0 Å². The molecule has 2 nitrogen and oxygen atoms in total. The lowest BCUT2D eigenvalue weighted by Gasteiger charge is -2.41. The molecule has 1 fully saturated rings. The van der Waals surface area contributed by atoms with E-state index in [9.17, 15) is 26.3 Å². The molecule has 1 aliphatic heterocycles. The molecule has 0 aliphatic carbocycles. The molecule has 1 heterocycles. The SMILES string of the molecule is CN1CCC(Oc2c(F)c(F)c(F)c(F)c2F)(c2ccc(F)cc2)CC1.Cl. The largest absolute Gasteiger partial charge is 0.476 e. The molecular formula is C18H16ClF6NO. The lowest BCUT2D eigenvalue weighted by Crippen LogP contribution is -2.45. The highest BCUT2D eigenvalue weighted by Gasteiger charge is 2.40. The maximum absolute atomic E-state index is 14.1. The van der Waals surface area contributed by atoms with Crippen LogP contribution in [0.2, 0.25) is 0 Å². The molecule has 3 rings (SSSR count). The third-order valence-electron chi connectivity index (χ3n) is 4.63. The predicted octanol–water partition coefficient (Wildman–Crippen LogP) is 4.94. The Morgan fingerprint density at radius 1 is 0.778 bits per heavy atom. The third-order valence-corrected chi connectivity index (χ3v) is 4.63. The van der Waals surface area contributed by atoms with Crippen molar-refractivity contribution in [1.82, 2.24) is 4.90 Å². The van der Waals surface area contributed by atoms with Crippen molar-refractivity contribution in [2.45, 2.75) is 18.4 Å². The van der Waals surface area contributed by atoms with Crippen molar-refractivity contribution < 1.29 is 31.1 Å². The van der Waals surface area contributed by atoms with Crippen LogP contribution in [0.15, 0.2) is 24.3 Å². The van der Waals surface area contributed by atoms with Gasteiger partial charge in [-0.1, -0.05) is 12.1 Å². The van der Waals surface area contributed by atoms with Crippen LogP contribution in [0.3, 0.4) is 0 Å². The van der Waals surface area contributed by atoms with E-state index >= 15 is 0 Å². The molecule has 2 aromatic carbocycles. The molecular weight excluding hydrogens is 396 g/mol. The Kier molecular flexibility index (Phi) is 6.32. The highest BCUT2D eigenvalue weighted by Crippen LogP contribution is 2.40. The zero-order chi connectivity index (χ0) is 19.1. The van der Waals surface area contributed by atoms with Gasteiger partial charge in [-0.3, -0.25) is 0 Å². The Morgan fingerprint density at radius 3 is 1.70 bits per heavy atom. The minimum Gasteiger partial charge on any atom is -0.476 e. The summed E-state index contributed by atoms with van der Waals surface area (Å²) in [7, 11) is 1.83. The van der Waals surface area contributed by atoms with Crippen molar-refractivity contribution in [3.05, 3.63) is 64.7 Å². The molecule has 0 amide bonds. The first-order valence-corrected chi connectivity index (χ1v) is 7.90. The fourth-order valence-corrected chi connectivity index (χ4v) is 3.05. The van der Waals surface area contributed by atoms with Crippen molar-refractivity contribution in [2.75, 3.05) is 20.1 Å². The van der Waals surface area contributed by atoms with Gasteiger partial charge in [0.05, 0.1) is 0 Å². The van der Waals surface area contributed by atoms with E-state index in [0.29, 0.717) is 18.7 Å². The number of rotatable bonds is 3. The normalized spacial score (nSPS) is 16.7. The van der Waals surface area contributed by atoms with E-state index in [2.05, 4.69) is 0 Å². The molecule has 0 N–H and O–H groups in total. The molecule has 0 atom stereocenters. The number of hydrogen-bond acceptors (Lipinski definition) is 2. The monoisotopic (exact) mass is 411 g/mol. The van der Waals surface area contributed by atoms with Crippen molar-refractivity contribution in [3.63, 3.8) is 0 Å². The summed E-state index contributed by atoms with van der Waals surface area (Å²) in [5.41, 5.74) is -0.936. The van der Waals surface area contributed by atoms with Gasteiger partial charge < -0.3 is 9.64 Å². The molecule has 0 unspecified atom stereocenters. The van der Waals surface area contributed by atoms with Crippen LogP contribution in [0.1, 0.15) is 18.4 Å². The van der Waals surface area contributed by atoms with Crippen LogP contribution < -0.4 is 4.74 Å². The third kappa shape index (κ3) is 3.87. The van der Waals surface area contributed by atoms with E-state index in [-0.39, 0.29) is 25.2 Å². The average molecular weight is 412 g/mol. The van der Waals surface area contributed by atoms with Crippen LogP contribution in [0, 0.1) is 34.9 Å². The van der Waals surface area contributed by atoms with Gasteiger partial charge in [-0.05, 0) is 24.7 Å². The number of nitrogens with zero attached hydrogens (tertiary/aromatic N) is 1. The molecule has 0 radical (unpaired) electrons. The van der Waals surface area contributed by atoms with Crippen molar-refractivity contribution >= 4 is 12.4 Å². The predicted molar refractivity (Wildman–Crippen MR) is 88.9 cm³/mol. The topological polar surface area (TPSA) is 12.5 Å². The molecule has 0 bridgehead atoms. The second-order valence-electron chi connectivity index (χ2n) is 6.31. The van der Waals surface area contributed by atoms with E-state index in [4.69, 9.17) is 4.74 Å². The summed E-state index contributed by atoms with van der Waals surface area (Å²) < 4.78 is 87.1. The van der Waals surface area contributed by atoms with Crippen LogP contribution >= 0.6 is 12.4 Å². The van der Waals surface area contributed by atoms with E-state index in [1.54, 1.807) is 0 Å². The second-order valence-corrected chi connectivity index (χ2v) is 6.31. The van der Waals surface area contributed by atoms with Crippen molar-refractivity contribution in [3.8, 4) is 5.75 Å². The molecule has 0 saturated carbocycles. The summed E-state index contributed by atoms with van der Waals surface area (Å²) in [6.45, 7) is 0.930. The lowest BCUT2D eigenvalue weighted by atomic mass is 9.84. The lowest BCUT2D eigenvalue weighted by molar-refractivity contribution is -0.00386. The van der Waals surface area contributed by atoms with Gasteiger partial charge >= 0.3 is 0 Å². The Balaban J connectivity index is 0.00000261. The first kappa shape index (κ1) is 21.4. The number of benzene rings is 2. The molecule has 0 aromatic heterocycles. The zero-order valence-electron chi connectivity index (χ0n) is 14.2. The summed E-state index contributed by atoms with van der Waals surface area (Å²) >= 11 is 0. The van der Waals surface area contributed by atoms with Gasteiger partial charge in [0.2, 0.25) is 29.1 Å². The molecule has 27 heavy (non-hydrogen) atoms. The van der Waals surface area contributed by atoms with Crippen LogP contribution in [0.5, 0.6) is 5.75 Å². The quantitative estimate of drug-likeness (QED) is 0.403. The summed E-state index contributed by atoms with van der Waals surface area (Å²) in [5.74, 6) is -12.3. The number of hydrogen-bond donors (Lipinski definition) is 0.